The molecule has 19 heavy (non-hydrogen) atoms. The van der Waals surface area contributed by atoms with Crippen molar-refractivity contribution in [2.75, 3.05) is 18.0 Å². The second-order valence-electron chi connectivity index (χ2n) is 4.48. The van der Waals surface area contributed by atoms with Crippen LogP contribution in [0.15, 0.2) is 12.4 Å². The summed E-state index contributed by atoms with van der Waals surface area (Å²) in [6.45, 7) is 0.782. The summed E-state index contributed by atoms with van der Waals surface area (Å²) in [5, 5.41) is 9.09. The number of rotatable bonds is 2. The summed E-state index contributed by atoms with van der Waals surface area (Å²) in [7, 11) is 0. The van der Waals surface area contributed by atoms with Gasteiger partial charge >= 0.3 is 5.97 Å². The Hall–Kier alpha value is -1.47. The third-order valence-electron chi connectivity index (χ3n) is 3.02. The molecular weight excluding hydrogens is 275 g/mol. The standard InChI is InChI=1S/C11H15FN4O2.ClH/c12-8-3-14-11(15-4-8)16-5-7(10(17)18)1-2-9(13)6-16;/h3-4,7,9H,1-2,5-6,13H2,(H,17,18);1H/t7-,9+;/m0./s1. The van der Waals surface area contributed by atoms with Crippen LogP contribution >= 0.6 is 12.4 Å². The number of nitrogens with two attached hydrogens (primary N) is 1. The number of hydrogen-bond acceptors (Lipinski definition) is 5. The molecule has 1 aliphatic rings. The van der Waals surface area contributed by atoms with Crippen LogP contribution in [0, 0.1) is 11.7 Å². The minimum Gasteiger partial charge on any atom is -0.481 e. The molecule has 0 spiro atoms. The molecule has 2 atom stereocenters. The van der Waals surface area contributed by atoms with Crippen LogP contribution in [0.25, 0.3) is 0 Å². The van der Waals surface area contributed by atoms with Crippen molar-refractivity contribution >= 4 is 24.3 Å². The number of carboxylic acid groups (broad SMARTS) is 1. The molecule has 106 valence electrons. The summed E-state index contributed by atoms with van der Waals surface area (Å²) < 4.78 is 12.8. The van der Waals surface area contributed by atoms with Crippen LogP contribution in [0.5, 0.6) is 0 Å². The van der Waals surface area contributed by atoms with Gasteiger partial charge in [0.1, 0.15) is 0 Å². The minimum atomic E-state index is -0.851. The molecule has 1 fully saturated rings. The third kappa shape index (κ3) is 4.00. The summed E-state index contributed by atoms with van der Waals surface area (Å²) >= 11 is 0. The van der Waals surface area contributed by atoms with E-state index in [9.17, 15) is 9.18 Å². The highest BCUT2D eigenvalue weighted by molar-refractivity contribution is 5.85. The van der Waals surface area contributed by atoms with Gasteiger partial charge in [0.25, 0.3) is 0 Å². The van der Waals surface area contributed by atoms with E-state index in [0.717, 1.165) is 12.4 Å². The lowest BCUT2D eigenvalue weighted by Gasteiger charge is -2.23. The third-order valence-corrected chi connectivity index (χ3v) is 3.02. The summed E-state index contributed by atoms with van der Waals surface area (Å²) in [5.74, 6) is -1.55. The normalized spacial score (nSPS) is 23.4. The van der Waals surface area contributed by atoms with Crippen LogP contribution in [-0.4, -0.2) is 40.2 Å². The maximum absolute atomic E-state index is 12.8. The quantitative estimate of drug-likeness (QED) is 0.831. The largest absolute Gasteiger partial charge is 0.481 e. The van der Waals surface area contributed by atoms with Gasteiger partial charge in [-0.3, -0.25) is 4.79 Å². The summed E-state index contributed by atoms with van der Waals surface area (Å²) in [6, 6.07) is -0.122. The number of aromatic nitrogens is 2. The van der Waals surface area contributed by atoms with Gasteiger partial charge in [-0.1, -0.05) is 0 Å². The lowest BCUT2D eigenvalue weighted by atomic mass is 10.0. The molecule has 0 radical (unpaired) electrons. The van der Waals surface area contributed by atoms with Crippen molar-refractivity contribution in [3.63, 3.8) is 0 Å². The van der Waals surface area contributed by atoms with Crippen molar-refractivity contribution in [1.29, 1.82) is 0 Å². The van der Waals surface area contributed by atoms with E-state index in [0.29, 0.717) is 31.9 Å². The Morgan fingerprint density at radius 1 is 1.37 bits per heavy atom. The molecule has 6 nitrogen and oxygen atoms in total. The number of halogens is 2. The van der Waals surface area contributed by atoms with E-state index in [1.165, 1.54) is 0 Å². The van der Waals surface area contributed by atoms with Gasteiger partial charge < -0.3 is 15.7 Å². The van der Waals surface area contributed by atoms with Crippen molar-refractivity contribution in [1.82, 2.24) is 9.97 Å². The van der Waals surface area contributed by atoms with Crippen LogP contribution in [0.2, 0.25) is 0 Å². The Morgan fingerprint density at radius 3 is 2.58 bits per heavy atom. The number of nitrogens with zero attached hydrogens (tertiary/aromatic N) is 3. The molecule has 1 aromatic heterocycles. The predicted molar refractivity (Wildman–Crippen MR) is 69.8 cm³/mol. The number of hydrogen-bond donors (Lipinski definition) is 2. The molecule has 0 saturated carbocycles. The molecule has 1 aromatic rings. The number of carbonyl (C=O) groups is 1. The molecular formula is C11H16ClFN4O2. The van der Waals surface area contributed by atoms with E-state index in [2.05, 4.69) is 9.97 Å². The van der Waals surface area contributed by atoms with Gasteiger partial charge in [-0.15, -0.1) is 12.4 Å². The topological polar surface area (TPSA) is 92.3 Å². The molecule has 0 unspecified atom stereocenters. The molecule has 0 amide bonds. The van der Waals surface area contributed by atoms with Gasteiger partial charge in [0, 0.05) is 19.1 Å². The number of carboxylic acids is 1. The summed E-state index contributed by atoms with van der Waals surface area (Å²) in [4.78, 5) is 20.5. The number of aliphatic carboxylic acids is 1. The smallest absolute Gasteiger partial charge is 0.308 e. The van der Waals surface area contributed by atoms with E-state index >= 15 is 0 Å². The average molecular weight is 291 g/mol. The maximum atomic E-state index is 12.8. The average Bonchev–Trinajstić information content (AvgIpc) is 2.52. The van der Waals surface area contributed by atoms with Gasteiger partial charge in [0.2, 0.25) is 5.95 Å². The predicted octanol–water partition coefficient (Wildman–Crippen LogP) is 0.666. The fourth-order valence-corrected chi connectivity index (χ4v) is 2.06. The molecule has 2 heterocycles. The first kappa shape index (κ1) is 15.6. The Balaban J connectivity index is 0.00000180. The number of anilines is 1. The molecule has 1 aliphatic heterocycles. The maximum Gasteiger partial charge on any atom is 0.308 e. The van der Waals surface area contributed by atoms with Crippen molar-refractivity contribution in [3.8, 4) is 0 Å². The van der Waals surface area contributed by atoms with Gasteiger partial charge in [-0.05, 0) is 12.8 Å². The Bertz CT molecular complexity index is 431. The van der Waals surface area contributed by atoms with Gasteiger partial charge in [0.05, 0.1) is 18.3 Å². The first-order valence-corrected chi connectivity index (χ1v) is 5.77. The second kappa shape index (κ2) is 6.63. The lowest BCUT2D eigenvalue weighted by Crippen LogP contribution is -2.38. The van der Waals surface area contributed by atoms with Crippen LogP contribution in [-0.2, 0) is 4.79 Å². The Morgan fingerprint density at radius 2 is 2.00 bits per heavy atom. The van der Waals surface area contributed by atoms with Crippen LogP contribution in [0.1, 0.15) is 12.8 Å². The fraction of sp³-hybridized carbons (Fsp3) is 0.545. The Labute approximate surface area is 116 Å². The minimum absolute atomic E-state index is 0. The van der Waals surface area contributed by atoms with Crippen LogP contribution in [0.3, 0.4) is 0 Å². The van der Waals surface area contributed by atoms with Crippen molar-refractivity contribution in [3.05, 3.63) is 18.2 Å². The molecule has 2 rings (SSSR count). The van der Waals surface area contributed by atoms with E-state index in [4.69, 9.17) is 10.8 Å². The second-order valence-corrected chi connectivity index (χ2v) is 4.48. The zero-order chi connectivity index (χ0) is 13.1. The molecule has 0 aromatic carbocycles. The van der Waals surface area contributed by atoms with Crippen molar-refractivity contribution < 1.29 is 14.3 Å². The molecule has 3 N–H and O–H groups in total. The van der Waals surface area contributed by atoms with Crippen molar-refractivity contribution in [2.45, 2.75) is 18.9 Å². The highest BCUT2D eigenvalue weighted by Crippen LogP contribution is 2.19. The van der Waals surface area contributed by atoms with Crippen LogP contribution < -0.4 is 10.6 Å². The summed E-state index contributed by atoms with van der Waals surface area (Å²) in [6.07, 6.45) is 3.31. The highest BCUT2D eigenvalue weighted by Gasteiger charge is 2.28. The van der Waals surface area contributed by atoms with Crippen LogP contribution in [0.4, 0.5) is 10.3 Å². The van der Waals surface area contributed by atoms with E-state index in [1.807, 2.05) is 0 Å². The Kier molecular flexibility index (Phi) is 5.44. The molecule has 8 heteroatoms. The zero-order valence-corrected chi connectivity index (χ0v) is 11.0. The summed E-state index contributed by atoms with van der Waals surface area (Å²) in [5.41, 5.74) is 5.89. The van der Waals surface area contributed by atoms with E-state index < -0.39 is 17.7 Å². The fourth-order valence-electron chi connectivity index (χ4n) is 2.06. The molecule has 0 bridgehead atoms. The lowest BCUT2D eigenvalue weighted by molar-refractivity contribution is -0.141. The highest BCUT2D eigenvalue weighted by atomic mass is 35.5. The SMILES string of the molecule is Cl.N[C@@H]1CC[C@H](C(=O)O)CN(c2ncc(F)cn2)C1. The molecule has 0 aliphatic carbocycles. The van der Waals surface area contributed by atoms with Crippen molar-refractivity contribution in [2.24, 2.45) is 11.7 Å². The first-order valence-electron chi connectivity index (χ1n) is 5.77. The first-order chi connectivity index (χ1) is 8.56. The van der Waals surface area contributed by atoms with Gasteiger partial charge in [-0.25, -0.2) is 14.4 Å². The van der Waals surface area contributed by atoms with E-state index in [-0.39, 0.29) is 18.4 Å². The monoisotopic (exact) mass is 290 g/mol. The van der Waals surface area contributed by atoms with E-state index in [1.54, 1.807) is 4.90 Å². The zero-order valence-electron chi connectivity index (χ0n) is 10.2. The van der Waals surface area contributed by atoms with Gasteiger partial charge in [-0.2, -0.15) is 0 Å². The molecule has 1 saturated heterocycles. The van der Waals surface area contributed by atoms with Gasteiger partial charge in [0.15, 0.2) is 5.82 Å².